The summed E-state index contributed by atoms with van der Waals surface area (Å²) in [5.74, 6) is -1.55. The Hall–Kier alpha value is -1.63. The number of nitrogens with one attached hydrogen (secondary N) is 1. The summed E-state index contributed by atoms with van der Waals surface area (Å²) in [6, 6.07) is -0.578. The van der Waals surface area contributed by atoms with Gasteiger partial charge in [-0.05, 0) is 25.8 Å². The highest BCUT2D eigenvalue weighted by Gasteiger charge is 2.52. The maximum atomic E-state index is 12.4. The van der Waals surface area contributed by atoms with Crippen molar-refractivity contribution >= 4 is 17.9 Å². The smallest absolute Gasteiger partial charge is 0.325 e. The Morgan fingerprint density at radius 1 is 1.17 bits per heavy atom. The lowest BCUT2D eigenvalue weighted by molar-refractivity contribution is -0.143. The molecule has 0 aliphatic carbocycles. The number of piperidine rings is 1. The summed E-state index contributed by atoms with van der Waals surface area (Å²) >= 11 is 0. The molecule has 0 aromatic carbocycles. The molecule has 0 atom stereocenters. The molecule has 2 heterocycles. The lowest BCUT2D eigenvalue weighted by atomic mass is 9.87. The van der Waals surface area contributed by atoms with Gasteiger partial charge in [-0.1, -0.05) is 32.6 Å². The van der Waals surface area contributed by atoms with Crippen molar-refractivity contribution in [2.24, 2.45) is 0 Å². The molecule has 23 heavy (non-hydrogen) atoms. The molecule has 0 unspecified atom stereocenters. The molecule has 0 aromatic heterocycles. The summed E-state index contributed by atoms with van der Waals surface area (Å²) in [7, 11) is 0. The van der Waals surface area contributed by atoms with Crippen molar-refractivity contribution in [1.29, 1.82) is 0 Å². The molecule has 2 N–H and O–H groups in total. The third-order valence-electron chi connectivity index (χ3n) is 4.83. The van der Waals surface area contributed by atoms with E-state index in [9.17, 15) is 14.4 Å². The summed E-state index contributed by atoms with van der Waals surface area (Å²) in [4.78, 5) is 38.2. The maximum Gasteiger partial charge on any atom is 0.325 e. The Bertz CT molecular complexity index is 458. The van der Waals surface area contributed by atoms with Crippen molar-refractivity contribution < 1.29 is 19.5 Å². The van der Waals surface area contributed by atoms with Gasteiger partial charge in [-0.2, -0.15) is 0 Å². The minimum absolute atomic E-state index is 0.382. The van der Waals surface area contributed by atoms with Crippen LogP contribution in [0.2, 0.25) is 0 Å². The second kappa shape index (κ2) is 7.77. The first-order valence-electron chi connectivity index (χ1n) is 8.57. The minimum atomic E-state index is -1.17. The second-order valence-electron chi connectivity index (χ2n) is 6.55. The molecule has 0 bridgehead atoms. The van der Waals surface area contributed by atoms with Crippen LogP contribution < -0.4 is 5.32 Å². The van der Waals surface area contributed by atoms with Crippen molar-refractivity contribution in [3.63, 3.8) is 0 Å². The highest BCUT2D eigenvalue weighted by Crippen LogP contribution is 2.29. The minimum Gasteiger partial charge on any atom is -0.480 e. The number of aliphatic carboxylic acids is 1. The van der Waals surface area contributed by atoms with Crippen LogP contribution in [0.3, 0.4) is 0 Å². The van der Waals surface area contributed by atoms with Crippen LogP contribution in [0.25, 0.3) is 0 Å². The SMILES string of the molecule is CCCCCCCN1CCC2(CC1)NC(=O)N(CC(=O)O)C2=O. The number of likely N-dealkylation sites (tertiary alicyclic amines) is 1. The van der Waals surface area contributed by atoms with Gasteiger partial charge in [0.25, 0.3) is 5.91 Å². The Morgan fingerprint density at radius 2 is 1.83 bits per heavy atom. The zero-order chi connectivity index (χ0) is 16.9. The van der Waals surface area contributed by atoms with E-state index in [1.165, 1.54) is 32.1 Å². The molecule has 7 heteroatoms. The van der Waals surface area contributed by atoms with Crippen LogP contribution in [0.15, 0.2) is 0 Å². The van der Waals surface area contributed by atoms with Gasteiger partial charge in [0.05, 0.1) is 0 Å². The van der Waals surface area contributed by atoms with Crippen LogP contribution >= 0.6 is 0 Å². The predicted octanol–water partition coefficient (Wildman–Crippen LogP) is 1.43. The average molecular weight is 325 g/mol. The van der Waals surface area contributed by atoms with E-state index >= 15 is 0 Å². The van der Waals surface area contributed by atoms with Crippen LogP contribution in [0.4, 0.5) is 4.79 Å². The number of amides is 3. The molecule has 2 rings (SSSR count). The Morgan fingerprint density at radius 3 is 2.43 bits per heavy atom. The number of carboxylic acid groups (broad SMARTS) is 1. The Labute approximate surface area is 137 Å². The van der Waals surface area contributed by atoms with Gasteiger partial charge < -0.3 is 15.3 Å². The Balaban J connectivity index is 1.80. The lowest BCUT2D eigenvalue weighted by Gasteiger charge is -2.37. The first-order chi connectivity index (χ1) is 11.0. The average Bonchev–Trinajstić information content (AvgIpc) is 2.73. The molecule has 2 aliphatic heterocycles. The molecule has 3 amide bonds. The number of rotatable bonds is 8. The van der Waals surface area contributed by atoms with Gasteiger partial charge in [-0.3, -0.25) is 14.5 Å². The molecule has 0 aromatic rings. The van der Waals surface area contributed by atoms with Crippen LogP contribution in [-0.2, 0) is 9.59 Å². The summed E-state index contributed by atoms with van der Waals surface area (Å²) in [6.07, 6.45) is 7.30. The first-order valence-corrected chi connectivity index (χ1v) is 8.57. The van der Waals surface area contributed by atoms with Crippen molar-refractivity contribution in [2.75, 3.05) is 26.2 Å². The molecule has 7 nitrogen and oxygen atoms in total. The van der Waals surface area contributed by atoms with Gasteiger partial charge in [0.1, 0.15) is 12.1 Å². The fraction of sp³-hybridized carbons (Fsp3) is 0.812. The van der Waals surface area contributed by atoms with Gasteiger partial charge >= 0.3 is 12.0 Å². The number of urea groups is 1. The van der Waals surface area contributed by atoms with Gasteiger partial charge in [0.15, 0.2) is 0 Å². The third-order valence-corrected chi connectivity index (χ3v) is 4.83. The summed E-state index contributed by atoms with van der Waals surface area (Å²) in [5.41, 5.74) is -0.884. The van der Waals surface area contributed by atoms with E-state index < -0.39 is 24.1 Å². The van der Waals surface area contributed by atoms with Crippen LogP contribution in [-0.4, -0.2) is 64.5 Å². The zero-order valence-corrected chi connectivity index (χ0v) is 13.8. The molecule has 2 fully saturated rings. The normalized spacial score (nSPS) is 21.0. The molecule has 0 saturated carbocycles. The predicted molar refractivity (Wildman–Crippen MR) is 85.0 cm³/mol. The largest absolute Gasteiger partial charge is 0.480 e. The van der Waals surface area contributed by atoms with Crippen molar-refractivity contribution in [1.82, 2.24) is 15.1 Å². The second-order valence-corrected chi connectivity index (χ2v) is 6.55. The topological polar surface area (TPSA) is 90.0 Å². The summed E-state index contributed by atoms with van der Waals surface area (Å²) in [5, 5.41) is 11.5. The van der Waals surface area contributed by atoms with E-state index in [4.69, 9.17) is 5.11 Å². The van der Waals surface area contributed by atoms with Gasteiger partial charge in [0, 0.05) is 13.1 Å². The van der Waals surface area contributed by atoms with E-state index in [1.807, 2.05) is 0 Å². The molecular weight excluding hydrogens is 298 g/mol. The molecule has 2 saturated heterocycles. The zero-order valence-electron chi connectivity index (χ0n) is 13.8. The van der Waals surface area contributed by atoms with E-state index in [0.29, 0.717) is 12.8 Å². The van der Waals surface area contributed by atoms with Crippen LogP contribution in [0.5, 0.6) is 0 Å². The quantitative estimate of drug-likeness (QED) is 0.520. The van der Waals surface area contributed by atoms with Gasteiger partial charge in [-0.15, -0.1) is 0 Å². The molecule has 1 spiro atoms. The summed E-state index contributed by atoms with van der Waals surface area (Å²) in [6.45, 7) is 4.19. The van der Waals surface area contributed by atoms with Crippen molar-refractivity contribution in [3.05, 3.63) is 0 Å². The number of unbranched alkanes of at least 4 members (excludes halogenated alkanes) is 4. The number of hydrogen-bond donors (Lipinski definition) is 2. The van der Waals surface area contributed by atoms with Crippen molar-refractivity contribution in [3.8, 4) is 0 Å². The van der Waals surface area contributed by atoms with Gasteiger partial charge in [0.2, 0.25) is 0 Å². The third kappa shape index (κ3) is 4.22. The monoisotopic (exact) mass is 325 g/mol. The Kier molecular flexibility index (Phi) is 5.98. The first kappa shape index (κ1) is 17.7. The van der Waals surface area contributed by atoms with Crippen LogP contribution in [0, 0.1) is 0 Å². The number of carboxylic acids is 1. The van der Waals surface area contributed by atoms with E-state index in [2.05, 4.69) is 17.1 Å². The van der Waals surface area contributed by atoms with E-state index in [0.717, 1.165) is 24.5 Å². The van der Waals surface area contributed by atoms with Gasteiger partial charge in [-0.25, -0.2) is 4.79 Å². The van der Waals surface area contributed by atoms with Crippen LogP contribution in [0.1, 0.15) is 51.9 Å². The number of carbonyl (C=O) groups excluding carboxylic acids is 2. The van der Waals surface area contributed by atoms with Crippen molar-refractivity contribution in [2.45, 2.75) is 57.4 Å². The molecular formula is C16H27N3O4. The summed E-state index contributed by atoms with van der Waals surface area (Å²) < 4.78 is 0. The maximum absolute atomic E-state index is 12.4. The molecule has 0 radical (unpaired) electrons. The number of nitrogens with zero attached hydrogens (tertiary/aromatic N) is 2. The number of hydrogen-bond acceptors (Lipinski definition) is 4. The molecule has 130 valence electrons. The lowest BCUT2D eigenvalue weighted by Crippen LogP contribution is -2.55. The van der Waals surface area contributed by atoms with E-state index in [1.54, 1.807) is 0 Å². The number of imide groups is 1. The highest BCUT2D eigenvalue weighted by molar-refractivity contribution is 6.08. The van der Waals surface area contributed by atoms with E-state index in [-0.39, 0.29) is 5.91 Å². The standard InChI is InChI=1S/C16H27N3O4/c1-2-3-4-5-6-9-18-10-7-16(8-11-18)14(22)19(12-13(20)21)15(23)17-16/h2-12H2,1H3,(H,17,23)(H,20,21). The molecule has 2 aliphatic rings. The highest BCUT2D eigenvalue weighted by atomic mass is 16.4. The number of carbonyl (C=O) groups is 3. The fourth-order valence-electron chi connectivity index (χ4n) is 3.39. The fourth-order valence-corrected chi connectivity index (χ4v) is 3.39.